The zero-order valence-corrected chi connectivity index (χ0v) is 12.5. The highest BCUT2D eigenvalue weighted by Crippen LogP contribution is 2.34. The van der Waals surface area contributed by atoms with E-state index in [2.05, 4.69) is 15.9 Å². The fraction of sp³-hybridized carbons (Fsp3) is 0.0714. The third-order valence-electron chi connectivity index (χ3n) is 2.55. The van der Waals surface area contributed by atoms with Gasteiger partial charge in [0.15, 0.2) is 0 Å². The van der Waals surface area contributed by atoms with E-state index in [1.165, 1.54) is 0 Å². The van der Waals surface area contributed by atoms with Crippen LogP contribution in [0.25, 0.3) is 0 Å². The molecule has 0 fully saturated rings. The van der Waals surface area contributed by atoms with E-state index >= 15 is 0 Å². The third-order valence-corrected chi connectivity index (χ3v) is 3.49. The average molecular weight is 340 g/mol. The lowest BCUT2D eigenvalue weighted by molar-refractivity contribution is 0.478. The molecule has 5 heteroatoms. The molecular formula is C14H12BrClN2O. The van der Waals surface area contributed by atoms with Gasteiger partial charge in [-0.15, -0.1) is 0 Å². The predicted molar refractivity (Wildman–Crippen MR) is 81.4 cm³/mol. The van der Waals surface area contributed by atoms with Crippen molar-refractivity contribution in [2.45, 2.75) is 6.92 Å². The molecule has 0 heterocycles. The molecule has 2 rings (SSSR count). The lowest BCUT2D eigenvalue weighted by atomic mass is 10.2. The van der Waals surface area contributed by atoms with Crippen molar-refractivity contribution in [3.05, 3.63) is 57.0 Å². The maximum absolute atomic E-state index is 7.57. The maximum atomic E-state index is 7.57. The van der Waals surface area contributed by atoms with Crippen molar-refractivity contribution in [3.8, 4) is 11.5 Å². The molecule has 2 aromatic rings. The van der Waals surface area contributed by atoms with Crippen LogP contribution in [0, 0.1) is 12.3 Å². The molecule has 2 aromatic carbocycles. The van der Waals surface area contributed by atoms with Crippen molar-refractivity contribution in [1.82, 2.24) is 0 Å². The number of halogens is 2. The molecule has 3 nitrogen and oxygen atoms in total. The standard InChI is InChI=1S/C14H12BrClN2O/c1-8-5-6-11(9(15)7-8)19-12-4-2-3-10(16)13(12)14(17)18/h2-7H,1H3,(H3,17,18). The fourth-order valence-electron chi connectivity index (χ4n) is 1.66. The Morgan fingerprint density at radius 2 is 2.00 bits per heavy atom. The van der Waals surface area contributed by atoms with Crippen molar-refractivity contribution in [3.63, 3.8) is 0 Å². The first-order valence-electron chi connectivity index (χ1n) is 5.56. The zero-order valence-electron chi connectivity index (χ0n) is 10.2. The van der Waals surface area contributed by atoms with Gasteiger partial charge in [-0.3, -0.25) is 5.41 Å². The topological polar surface area (TPSA) is 59.1 Å². The molecule has 0 bridgehead atoms. The molecule has 0 spiro atoms. The number of amidine groups is 1. The molecule has 98 valence electrons. The van der Waals surface area contributed by atoms with Crippen LogP contribution in [0.4, 0.5) is 0 Å². The molecule has 3 N–H and O–H groups in total. The van der Waals surface area contributed by atoms with Crippen LogP contribution in [-0.2, 0) is 0 Å². The first-order valence-corrected chi connectivity index (χ1v) is 6.73. The minimum absolute atomic E-state index is 0.121. The predicted octanol–water partition coefficient (Wildman–Crippen LogP) is 4.49. The second-order valence-electron chi connectivity index (χ2n) is 4.06. The minimum Gasteiger partial charge on any atom is -0.455 e. The van der Waals surface area contributed by atoms with Crippen molar-refractivity contribution in [1.29, 1.82) is 5.41 Å². The number of nitrogens with one attached hydrogen (secondary N) is 1. The summed E-state index contributed by atoms with van der Waals surface area (Å²) in [6.07, 6.45) is 0. The molecule has 0 atom stereocenters. The van der Waals surface area contributed by atoms with Crippen molar-refractivity contribution >= 4 is 33.4 Å². The molecule has 0 saturated heterocycles. The number of hydrogen-bond donors (Lipinski definition) is 2. The molecule has 0 saturated carbocycles. The summed E-state index contributed by atoms with van der Waals surface area (Å²) in [5, 5.41) is 7.97. The number of nitrogen functional groups attached to an aromatic ring is 1. The number of nitrogens with two attached hydrogens (primary N) is 1. The molecule has 19 heavy (non-hydrogen) atoms. The van der Waals surface area contributed by atoms with E-state index in [1.54, 1.807) is 18.2 Å². The molecule has 0 aromatic heterocycles. The summed E-state index contributed by atoms with van der Waals surface area (Å²) in [7, 11) is 0. The van der Waals surface area contributed by atoms with E-state index in [9.17, 15) is 0 Å². The van der Waals surface area contributed by atoms with Crippen LogP contribution in [0.3, 0.4) is 0 Å². The first kappa shape index (κ1) is 13.9. The van der Waals surface area contributed by atoms with Gasteiger partial charge in [-0.1, -0.05) is 23.7 Å². The summed E-state index contributed by atoms with van der Waals surface area (Å²) in [4.78, 5) is 0. The number of hydrogen-bond acceptors (Lipinski definition) is 2. The third kappa shape index (κ3) is 3.08. The van der Waals surface area contributed by atoms with E-state index in [1.807, 2.05) is 25.1 Å². The highest BCUT2D eigenvalue weighted by atomic mass is 79.9. The van der Waals surface area contributed by atoms with E-state index in [-0.39, 0.29) is 5.84 Å². The zero-order chi connectivity index (χ0) is 14.0. The highest BCUT2D eigenvalue weighted by molar-refractivity contribution is 9.10. The van der Waals surface area contributed by atoms with E-state index in [0.29, 0.717) is 22.1 Å². The van der Waals surface area contributed by atoms with Crippen molar-refractivity contribution < 1.29 is 4.74 Å². The minimum atomic E-state index is -0.121. The van der Waals surface area contributed by atoms with Crippen LogP contribution in [0.15, 0.2) is 40.9 Å². The first-order chi connectivity index (χ1) is 8.99. The Balaban J connectivity index is 2.44. The Morgan fingerprint density at radius 1 is 1.26 bits per heavy atom. The average Bonchev–Trinajstić information content (AvgIpc) is 2.32. The van der Waals surface area contributed by atoms with Gasteiger partial charge in [-0.05, 0) is 52.7 Å². The smallest absolute Gasteiger partial charge is 0.141 e. The molecule has 0 radical (unpaired) electrons. The van der Waals surface area contributed by atoms with Gasteiger partial charge in [0.1, 0.15) is 17.3 Å². The van der Waals surface area contributed by atoms with Gasteiger partial charge >= 0.3 is 0 Å². The summed E-state index contributed by atoms with van der Waals surface area (Å²) in [5.41, 5.74) is 7.06. The molecule has 0 aliphatic heterocycles. The Labute approximate surface area is 125 Å². The SMILES string of the molecule is Cc1ccc(Oc2cccc(Cl)c2C(=N)N)c(Br)c1. The number of benzene rings is 2. The monoisotopic (exact) mass is 338 g/mol. The second kappa shape index (κ2) is 5.63. The summed E-state index contributed by atoms with van der Waals surface area (Å²) < 4.78 is 6.62. The molecular weight excluding hydrogens is 328 g/mol. The van der Waals surface area contributed by atoms with Crippen LogP contribution < -0.4 is 10.5 Å². The maximum Gasteiger partial charge on any atom is 0.141 e. The summed E-state index contributed by atoms with van der Waals surface area (Å²) in [6.45, 7) is 1.99. The van der Waals surface area contributed by atoms with Gasteiger partial charge in [0.25, 0.3) is 0 Å². The molecule has 0 unspecified atom stereocenters. The second-order valence-corrected chi connectivity index (χ2v) is 5.32. The van der Waals surface area contributed by atoms with Crippen molar-refractivity contribution in [2.75, 3.05) is 0 Å². The lowest BCUT2D eigenvalue weighted by Crippen LogP contribution is -2.13. The van der Waals surface area contributed by atoms with Crippen LogP contribution in [0.1, 0.15) is 11.1 Å². The summed E-state index contributed by atoms with van der Waals surface area (Å²) >= 11 is 9.48. The van der Waals surface area contributed by atoms with Gasteiger partial charge in [0, 0.05) is 0 Å². The Bertz CT molecular complexity index is 643. The molecule has 0 aliphatic rings. The molecule has 0 amide bonds. The van der Waals surface area contributed by atoms with Gasteiger partial charge < -0.3 is 10.5 Å². The van der Waals surface area contributed by atoms with Gasteiger partial charge in [-0.25, -0.2) is 0 Å². The molecule has 0 aliphatic carbocycles. The Morgan fingerprint density at radius 3 is 2.63 bits per heavy atom. The number of ether oxygens (including phenoxy) is 1. The van der Waals surface area contributed by atoms with Gasteiger partial charge in [0.2, 0.25) is 0 Å². The highest BCUT2D eigenvalue weighted by Gasteiger charge is 2.13. The van der Waals surface area contributed by atoms with Crippen LogP contribution in [-0.4, -0.2) is 5.84 Å². The van der Waals surface area contributed by atoms with Crippen LogP contribution >= 0.6 is 27.5 Å². The van der Waals surface area contributed by atoms with E-state index in [4.69, 9.17) is 27.5 Å². The normalized spacial score (nSPS) is 10.3. The Kier molecular flexibility index (Phi) is 4.12. The van der Waals surface area contributed by atoms with Gasteiger partial charge in [-0.2, -0.15) is 0 Å². The van der Waals surface area contributed by atoms with E-state index < -0.39 is 0 Å². The summed E-state index contributed by atoms with van der Waals surface area (Å²) in [6, 6.07) is 10.9. The fourth-order valence-corrected chi connectivity index (χ4v) is 2.50. The lowest BCUT2D eigenvalue weighted by Gasteiger charge is -2.13. The number of aryl methyl sites for hydroxylation is 1. The van der Waals surface area contributed by atoms with Crippen LogP contribution in [0.2, 0.25) is 5.02 Å². The van der Waals surface area contributed by atoms with Crippen molar-refractivity contribution in [2.24, 2.45) is 5.73 Å². The van der Waals surface area contributed by atoms with Gasteiger partial charge in [0.05, 0.1) is 15.1 Å². The Hall–Kier alpha value is -1.52. The summed E-state index contributed by atoms with van der Waals surface area (Å²) in [5.74, 6) is 0.990. The van der Waals surface area contributed by atoms with Crippen LogP contribution in [0.5, 0.6) is 11.5 Å². The largest absolute Gasteiger partial charge is 0.455 e. The van der Waals surface area contributed by atoms with E-state index in [0.717, 1.165) is 10.0 Å². The number of rotatable bonds is 3. The quantitative estimate of drug-likeness (QED) is 0.639.